The quantitative estimate of drug-likeness (QED) is 0.652. The first kappa shape index (κ1) is 9.39. The minimum atomic E-state index is 0.121. The molecule has 0 spiro atoms. The van der Waals surface area contributed by atoms with Crippen molar-refractivity contribution in [2.75, 3.05) is 12.8 Å². The number of hydrogen-bond donors (Lipinski definition) is 0. The first-order chi connectivity index (χ1) is 5.70. The van der Waals surface area contributed by atoms with Crippen molar-refractivity contribution in [1.82, 2.24) is 4.90 Å². The molecule has 0 unspecified atom stereocenters. The monoisotopic (exact) mass is 183 g/mol. The van der Waals surface area contributed by atoms with Crippen molar-refractivity contribution < 1.29 is 4.79 Å². The van der Waals surface area contributed by atoms with Crippen molar-refractivity contribution in [3.05, 3.63) is 23.3 Å². The van der Waals surface area contributed by atoms with E-state index in [4.69, 9.17) is 0 Å². The van der Waals surface area contributed by atoms with Gasteiger partial charge in [0, 0.05) is 13.5 Å². The molecule has 0 bridgehead atoms. The molecule has 12 heavy (non-hydrogen) atoms. The fraction of sp³-hybridized carbons (Fsp3) is 0.444. The summed E-state index contributed by atoms with van der Waals surface area (Å²) in [7, 11) is 0. The van der Waals surface area contributed by atoms with E-state index in [2.05, 4.69) is 6.58 Å². The molecule has 1 heterocycles. The van der Waals surface area contributed by atoms with Crippen LogP contribution in [0.4, 0.5) is 0 Å². The van der Waals surface area contributed by atoms with Gasteiger partial charge in [-0.3, -0.25) is 4.79 Å². The van der Waals surface area contributed by atoms with Crippen molar-refractivity contribution in [3.63, 3.8) is 0 Å². The second-order valence-corrected chi connectivity index (χ2v) is 3.45. The highest BCUT2D eigenvalue weighted by atomic mass is 32.2. The van der Waals surface area contributed by atoms with E-state index in [1.165, 1.54) is 5.57 Å². The van der Waals surface area contributed by atoms with Gasteiger partial charge in [0.2, 0.25) is 5.91 Å². The van der Waals surface area contributed by atoms with Crippen molar-refractivity contribution in [2.24, 2.45) is 0 Å². The van der Waals surface area contributed by atoms with Gasteiger partial charge >= 0.3 is 0 Å². The van der Waals surface area contributed by atoms with Gasteiger partial charge in [0.25, 0.3) is 0 Å². The standard InChI is InChI=1S/C9H13NOS/c1-4-8-5-6-10(7(2)11)9(8)12-3/h4H,1,5-6H2,2-3H3. The lowest BCUT2D eigenvalue weighted by Crippen LogP contribution is -2.23. The summed E-state index contributed by atoms with van der Waals surface area (Å²) in [5.74, 6) is 0.121. The van der Waals surface area contributed by atoms with E-state index in [9.17, 15) is 4.79 Å². The molecule has 1 rings (SSSR count). The van der Waals surface area contributed by atoms with Crippen molar-refractivity contribution in [1.29, 1.82) is 0 Å². The van der Waals surface area contributed by atoms with Crippen LogP contribution < -0.4 is 0 Å². The van der Waals surface area contributed by atoms with E-state index in [1.807, 2.05) is 17.2 Å². The highest BCUT2D eigenvalue weighted by Gasteiger charge is 2.22. The van der Waals surface area contributed by atoms with Gasteiger partial charge in [-0.05, 0) is 18.2 Å². The van der Waals surface area contributed by atoms with Crippen molar-refractivity contribution in [2.45, 2.75) is 13.3 Å². The summed E-state index contributed by atoms with van der Waals surface area (Å²) in [6, 6.07) is 0. The fourth-order valence-corrected chi connectivity index (χ4v) is 2.23. The van der Waals surface area contributed by atoms with Gasteiger partial charge in [0.05, 0.1) is 5.03 Å². The average molecular weight is 183 g/mol. The van der Waals surface area contributed by atoms with Crippen LogP contribution in [0.15, 0.2) is 23.3 Å². The lowest BCUT2D eigenvalue weighted by Gasteiger charge is -2.16. The maximum Gasteiger partial charge on any atom is 0.224 e. The van der Waals surface area contributed by atoms with Crippen LogP contribution in [-0.2, 0) is 4.79 Å². The van der Waals surface area contributed by atoms with Crippen LogP contribution >= 0.6 is 11.8 Å². The minimum absolute atomic E-state index is 0.121. The maximum atomic E-state index is 11.1. The molecule has 0 aromatic heterocycles. The number of hydrogen-bond acceptors (Lipinski definition) is 2. The zero-order valence-corrected chi connectivity index (χ0v) is 8.28. The molecule has 0 fully saturated rings. The third kappa shape index (κ3) is 1.55. The Balaban J connectivity index is 2.90. The van der Waals surface area contributed by atoms with Crippen LogP contribution in [0.25, 0.3) is 0 Å². The smallest absolute Gasteiger partial charge is 0.224 e. The van der Waals surface area contributed by atoms with Crippen LogP contribution in [0, 0.1) is 0 Å². The van der Waals surface area contributed by atoms with Gasteiger partial charge < -0.3 is 4.90 Å². The van der Waals surface area contributed by atoms with Gasteiger partial charge in [-0.2, -0.15) is 0 Å². The first-order valence-electron chi connectivity index (χ1n) is 3.88. The maximum absolute atomic E-state index is 11.1. The van der Waals surface area contributed by atoms with Gasteiger partial charge in [-0.1, -0.05) is 12.7 Å². The molecule has 66 valence electrons. The molecule has 0 radical (unpaired) electrons. The average Bonchev–Trinajstić information content (AvgIpc) is 2.46. The molecule has 0 saturated carbocycles. The lowest BCUT2D eigenvalue weighted by atomic mass is 10.2. The second kappa shape index (κ2) is 3.81. The summed E-state index contributed by atoms with van der Waals surface area (Å²) in [6.45, 7) is 6.14. The summed E-state index contributed by atoms with van der Waals surface area (Å²) >= 11 is 1.61. The van der Waals surface area contributed by atoms with E-state index < -0.39 is 0 Å². The Morgan fingerprint density at radius 3 is 2.83 bits per heavy atom. The first-order valence-corrected chi connectivity index (χ1v) is 5.11. The highest BCUT2D eigenvalue weighted by molar-refractivity contribution is 8.02. The number of rotatable bonds is 2. The van der Waals surface area contributed by atoms with Gasteiger partial charge in [0.15, 0.2) is 0 Å². The van der Waals surface area contributed by atoms with E-state index in [1.54, 1.807) is 18.7 Å². The number of amides is 1. The summed E-state index contributed by atoms with van der Waals surface area (Å²) in [5.41, 5.74) is 1.19. The Kier molecular flexibility index (Phi) is 2.98. The molecule has 1 aliphatic heterocycles. The molecule has 3 heteroatoms. The predicted octanol–water partition coefficient (Wildman–Crippen LogP) is 2.00. The summed E-state index contributed by atoms with van der Waals surface area (Å²) < 4.78 is 0. The van der Waals surface area contributed by atoms with Crippen molar-refractivity contribution in [3.8, 4) is 0 Å². The molecular formula is C9H13NOS. The zero-order chi connectivity index (χ0) is 9.14. The summed E-state index contributed by atoms with van der Waals surface area (Å²) in [5, 5.41) is 1.07. The second-order valence-electron chi connectivity index (χ2n) is 2.66. The molecule has 0 aromatic carbocycles. The predicted molar refractivity (Wildman–Crippen MR) is 52.7 cm³/mol. The van der Waals surface area contributed by atoms with Gasteiger partial charge in [0.1, 0.15) is 0 Å². The summed E-state index contributed by atoms with van der Waals surface area (Å²) in [6.07, 6.45) is 4.77. The number of nitrogens with zero attached hydrogens (tertiary/aromatic N) is 1. The normalized spacial score (nSPS) is 17.0. The lowest BCUT2D eigenvalue weighted by molar-refractivity contribution is -0.126. The van der Waals surface area contributed by atoms with Gasteiger partial charge in [-0.15, -0.1) is 11.8 Å². The van der Waals surface area contributed by atoms with Gasteiger partial charge in [-0.25, -0.2) is 0 Å². The number of carbonyl (C=O) groups excluding carboxylic acids is 1. The Labute approximate surface area is 77.3 Å². The van der Waals surface area contributed by atoms with Crippen LogP contribution in [0.5, 0.6) is 0 Å². The zero-order valence-electron chi connectivity index (χ0n) is 7.46. The Morgan fingerprint density at radius 2 is 2.42 bits per heavy atom. The highest BCUT2D eigenvalue weighted by Crippen LogP contribution is 2.30. The fourth-order valence-electron chi connectivity index (χ4n) is 1.35. The van der Waals surface area contributed by atoms with E-state index in [0.717, 1.165) is 18.0 Å². The third-order valence-corrected chi connectivity index (χ3v) is 2.81. The van der Waals surface area contributed by atoms with Crippen molar-refractivity contribution >= 4 is 17.7 Å². The van der Waals surface area contributed by atoms with E-state index >= 15 is 0 Å². The van der Waals surface area contributed by atoms with E-state index in [0.29, 0.717) is 0 Å². The van der Waals surface area contributed by atoms with Crippen LogP contribution in [0.2, 0.25) is 0 Å². The van der Waals surface area contributed by atoms with Crippen LogP contribution in [0.3, 0.4) is 0 Å². The molecular weight excluding hydrogens is 170 g/mol. The largest absolute Gasteiger partial charge is 0.306 e. The molecule has 0 aromatic rings. The minimum Gasteiger partial charge on any atom is -0.306 e. The molecule has 1 aliphatic rings. The molecule has 1 amide bonds. The van der Waals surface area contributed by atoms with Crippen LogP contribution in [0.1, 0.15) is 13.3 Å². The number of thioether (sulfide) groups is 1. The SMILES string of the molecule is C=CC1=C(SC)N(C(C)=O)CC1. The number of allylic oxidation sites excluding steroid dienone is 1. The Bertz CT molecular complexity index is 245. The van der Waals surface area contributed by atoms with Crippen LogP contribution in [-0.4, -0.2) is 23.6 Å². The molecule has 0 N–H and O–H groups in total. The topological polar surface area (TPSA) is 20.3 Å². The molecule has 0 saturated heterocycles. The third-order valence-electron chi connectivity index (χ3n) is 1.94. The van der Waals surface area contributed by atoms with E-state index in [-0.39, 0.29) is 5.91 Å². The molecule has 0 atom stereocenters. The summed E-state index contributed by atoms with van der Waals surface area (Å²) in [4.78, 5) is 12.9. The molecule has 2 nitrogen and oxygen atoms in total. The Hall–Kier alpha value is -0.700. The Morgan fingerprint density at radius 1 is 1.75 bits per heavy atom. The molecule has 0 aliphatic carbocycles. The number of carbonyl (C=O) groups is 1.